The number of nitrogens with zero attached hydrogens (tertiary/aromatic N) is 3. The SMILES string of the molecule is N#Cc1ccc(-c2ccc3cc(-c4ccc5cc(-n6c(-c7ccccc7)nc7ccccc76)ccc5c4)ccc3c2)cc1. The summed E-state index contributed by atoms with van der Waals surface area (Å²) in [5.41, 5.74) is 9.57. The molecule has 0 aliphatic rings. The second-order valence-corrected chi connectivity index (χ2v) is 10.8. The fourth-order valence-corrected chi connectivity index (χ4v) is 5.96. The molecule has 8 aromatic rings. The van der Waals surface area contributed by atoms with Crippen molar-refractivity contribution in [1.29, 1.82) is 5.26 Å². The third kappa shape index (κ3) is 4.43. The number of benzene rings is 7. The maximum absolute atomic E-state index is 9.10. The van der Waals surface area contributed by atoms with Crippen LogP contribution in [0.25, 0.3) is 71.9 Å². The van der Waals surface area contributed by atoms with Gasteiger partial charge in [-0.3, -0.25) is 4.57 Å². The molecule has 3 nitrogen and oxygen atoms in total. The average molecular weight is 548 g/mol. The summed E-state index contributed by atoms with van der Waals surface area (Å²) in [6.07, 6.45) is 0. The molecule has 0 amide bonds. The van der Waals surface area contributed by atoms with E-state index in [0.717, 1.165) is 39.2 Å². The van der Waals surface area contributed by atoms with E-state index in [-0.39, 0.29) is 0 Å². The van der Waals surface area contributed by atoms with Crippen LogP contribution in [0.4, 0.5) is 0 Å². The molecule has 1 aromatic heterocycles. The highest BCUT2D eigenvalue weighted by atomic mass is 15.1. The molecule has 0 saturated heterocycles. The topological polar surface area (TPSA) is 41.6 Å². The molecule has 3 heteroatoms. The van der Waals surface area contributed by atoms with Crippen molar-refractivity contribution in [2.45, 2.75) is 0 Å². The highest BCUT2D eigenvalue weighted by Crippen LogP contribution is 2.33. The number of nitriles is 1. The Morgan fingerprint density at radius 3 is 1.65 bits per heavy atom. The lowest BCUT2D eigenvalue weighted by Gasteiger charge is -2.12. The van der Waals surface area contributed by atoms with Crippen LogP contribution in [0.15, 0.2) is 152 Å². The van der Waals surface area contributed by atoms with E-state index in [0.29, 0.717) is 5.56 Å². The van der Waals surface area contributed by atoms with E-state index in [1.165, 1.54) is 32.7 Å². The molecular weight excluding hydrogens is 522 g/mol. The first-order valence-corrected chi connectivity index (χ1v) is 14.4. The summed E-state index contributed by atoms with van der Waals surface area (Å²) >= 11 is 0. The van der Waals surface area contributed by atoms with Crippen LogP contribution in [0.1, 0.15) is 5.56 Å². The van der Waals surface area contributed by atoms with Gasteiger partial charge in [-0.15, -0.1) is 0 Å². The van der Waals surface area contributed by atoms with Gasteiger partial charge < -0.3 is 0 Å². The van der Waals surface area contributed by atoms with Gasteiger partial charge in [0.1, 0.15) is 5.82 Å². The molecule has 0 fully saturated rings. The van der Waals surface area contributed by atoms with Crippen LogP contribution in [0.2, 0.25) is 0 Å². The van der Waals surface area contributed by atoms with Gasteiger partial charge >= 0.3 is 0 Å². The molecule has 0 aliphatic carbocycles. The lowest BCUT2D eigenvalue weighted by molar-refractivity contribution is 1.11. The first-order valence-electron chi connectivity index (χ1n) is 14.4. The molecule has 1 heterocycles. The summed E-state index contributed by atoms with van der Waals surface area (Å²) in [4.78, 5) is 5.00. The maximum atomic E-state index is 9.10. The summed E-state index contributed by atoms with van der Waals surface area (Å²) in [7, 11) is 0. The fraction of sp³-hybridized carbons (Fsp3) is 0. The van der Waals surface area contributed by atoms with Crippen molar-refractivity contribution in [2.75, 3.05) is 0 Å². The second-order valence-electron chi connectivity index (χ2n) is 10.8. The van der Waals surface area contributed by atoms with E-state index in [9.17, 15) is 0 Å². The number of hydrogen-bond acceptors (Lipinski definition) is 2. The predicted octanol–water partition coefficient (Wildman–Crippen LogP) is 10.2. The summed E-state index contributed by atoms with van der Waals surface area (Å²) in [6, 6.07) is 55.2. The number of para-hydroxylation sites is 2. The Morgan fingerprint density at radius 1 is 0.465 bits per heavy atom. The number of fused-ring (bicyclic) bond motifs is 3. The standard InChI is InChI=1S/C40H25N3/c41-26-27-10-12-28(13-11-27)30-14-15-32-23-33(17-16-31(32)22-30)34-18-19-36-25-37(21-20-35(36)24-34)43-39-9-5-4-8-38(39)42-40(43)29-6-2-1-3-7-29/h1-25H. The van der Waals surface area contributed by atoms with Gasteiger partial charge in [0.2, 0.25) is 0 Å². The maximum Gasteiger partial charge on any atom is 0.145 e. The van der Waals surface area contributed by atoms with Gasteiger partial charge in [0.15, 0.2) is 0 Å². The Labute approximate surface area is 249 Å². The number of rotatable bonds is 4. The average Bonchev–Trinajstić information content (AvgIpc) is 3.47. The van der Waals surface area contributed by atoms with E-state index >= 15 is 0 Å². The summed E-state index contributed by atoms with van der Waals surface area (Å²) < 4.78 is 2.26. The zero-order valence-electron chi connectivity index (χ0n) is 23.3. The van der Waals surface area contributed by atoms with Crippen LogP contribution in [0.3, 0.4) is 0 Å². The Kier molecular flexibility index (Phi) is 5.84. The first kappa shape index (κ1) is 24.8. The van der Waals surface area contributed by atoms with Gasteiger partial charge in [-0.25, -0.2) is 4.98 Å². The van der Waals surface area contributed by atoms with Gasteiger partial charge in [0.05, 0.1) is 22.7 Å². The lowest BCUT2D eigenvalue weighted by Crippen LogP contribution is -1.97. The van der Waals surface area contributed by atoms with Gasteiger partial charge in [-0.1, -0.05) is 97.1 Å². The van der Waals surface area contributed by atoms with Crippen molar-refractivity contribution in [3.05, 3.63) is 157 Å². The third-order valence-corrected chi connectivity index (χ3v) is 8.20. The third-order valence-electron chi connectivity index (χ3n) is 8.20. The minimum absolute atomic E-state index is 0.674. The van der Waals surface area contributed by atoms with E-state index in [1.54, 1.807) is 0 Å². The molecule has 200 valence electrons. The van der Waals surface area contributed by atoms with Crippen molar-refractivity contribution < 1.29 is 0 Å². The number of imidazole rings is 1. The Bertz CT molecular complexity index is 2340. The van der Waals surface area contributed by atoms with E-state index in [1.807, 2.05) is 36.4 Å². The Balaban J connectivity index is 1.16. The molecule has 0 radical (unpaired) electrons. The van der Waals surface area contributed by atoms with Crippen LogP contribution < -0.4 is 0 Å². The van der Waals surface area contributed by atoms with Crippen LogP contribution in [0, 0.1) is 11.3 Å². The monoisotopic (exact) mass is 547 g/mol. The molecule has 0 atom stereocenters. The Hall–Kier alpha value is -5.98. The van der Waals surface area contributed by atoms with Crippen LogP contribution in [-0.2, 0) is 0 Å². The normalized spacial score (nSPS) is 11.2. The fourth-order valence-electron chi connectivity index (χ4n) is 5.96. The minimum atomic E-state index is 0.674. The molecule has 8 rings (SSSR count). The van der Waals surface area contributed by atoms with Crippen molar-refractivity contribution in [3.8, 4) is 45.4 Å². The highest BCUT2D eigenvalue weighted by Gasteiger charge is 2.14. The minimum Gasteiger partial charge on any atom is -0.292 e. The Morgan fingerprint density at radius 2 is 1.00 bits per heavy atom. The molecule has 0 bridgehead atoms. The van der Waals surface area contributed by atoms with Crippen LogP contribution >= 0.6 is 0 Å². The molecule has 0 spiro atoms. The second kappa shape index (κ2) is 10.1. The van der Waals surface area contributed by atoms with Crippen molar-refractivity contribution in [1.82, 2.24) is 9.55 Å². The summed E-state index contributed by atoms with van der Waals surface area (Å²) in [5, 5.41) is 13.9. The van der Waals surface area contributed by atoms with Gasteiger partial charge in [0, 0.05) is 11.3 Å². The first-order chi connectivity index (χ1) is 21.2. The highest BCUT2D eigenvalue weighted by molar-refractivity contribution is 5.94. The number of aromatic nitrogens is 2. The van der Waals surface area contributed by atoms with E-state index in [4.69, 9.17) is 10.2 Å². The van der Waals surface area contributed by atoms with Crippen LogP contribution in [0.5, 0.6) is 0 Å². The number of hydrogen-bond donors (Lipinski definition) is 0. The molecule has 7 aromatic carbocycles. The quantitative estimate of drug-likeness (QED) is 0.220. The van der Waals surface area contributed by atoms with Gasteiger partial charge in [-0.2, -0.15) is 5.26 Å². The van der Waals surface area contributed by atoms with Crippen molar-refractivity contribution >= 4 is 32.6 Å². The van der Waals surface area contributed by atoms with Crippen molar-refractivity contribution in [3.63, 3.8) is 0 Å². The molecule has 43 heavy (non-hydrogen) atoms. The molecule has 0 unspecified atom stereocenters. The zero-order valence-corrected chi connectivity index (χ0v) is 23.3. The van der Waals surface area contributed by atoms with Crippen LogP contribution in [-0.4, -0.2) is 9.55 Å². The van der Waals surface area contributed by atoms with Gasteiger partial charge in [-0.05, 0) is 98.4 Å². The summed E-state index contributed by atoms with van der Waals surface area (Å²) in [6.45, 7) is 0. The molecule has 0 aliphatic heterocycles. The van der Waals surface area contributed by atoms with E-state index in [2.05, 4.69) is 126 Å². The summed E-state index contributed by atoms with van der Waals surface area (Å²) in [5.74, 6) is 0.941. The molecular formula is C40H25N3. The zero-order chi connectivity index (χ0) is 28.8. The molecule has 0 N–H and O–H groups in total. The van der Waals surface area contributed by atoms with Crippen molar-refractivity contribution in [2.24, 2.45) is 0 Å². The van der Waals surface area contributed by atoms with E-state index < -0.39 is 0 Å². The lowest BCUT2D eigenvalue weighted by atomic mass is 9.96. The predicted molar refractivity (Wildman–Crippen MR) is 177 cm³/mol. The largest absolute Gasteiger partial charge is 0.292 e. The molecule has 0 saturated carbocycles. The smallest absolute Gasteiger partial charge is 0.145 e. The van der Waals surface area contributed by atoms with Gasteiger partial charge in [0.25, 0.3) is 0 Å².